The summed E-state index contributed by atoms with van der Waals surface area (Å²) in [5, 5.41) is 0.594. The van der Waals surface area contributed by atoms with Crippen LogP contribution in [0.1, 0.15) is 5.82 Å². The van der Waals surface area contributed by atoms with Crippen molar-refractivity contribution < 1.29 is 4.74 Å². The number of benzene rings is 3. The quantitative estimate of drug-likeness (QED) is 0.476. The normalized spacial score (nSPS) is 10.9. The van der Waals surface area contributed by atoms with Gasteiger partial charge in [0.25, 0.3) is 5.56 Å². The van der Waals surface area contributed by atoms with Gasteiger partial charge in [-0.15, -0.1) is 11.8 Å². The lowest BCUT2D eigenvalue weighted by Gasteiger charge is -2.16. The monoisotopic (exact) mass is 374 g/mol. The van der Waals surface area contributed by atoms with Crippen LogP contribution in [0.2, 0.25) is 0 Å². The largest absolute Gasteiger partial charge is 0.495 e. The first-order chi connectivity index (χ1) is 13.3. The minimum atomic E-state index is -0.0891. The van der Waals surface area contributed by atoms with Crippen LogP contribution in [0.3, 0.4) is 0 Å². The molecule has 0 saturated heterocycles. The number of rotatable bonds is 5. The molecule has 4 rings (SSSR count). The number of methoxy groups -OCH3 is 1. The van der Waals surface area contributed by atoms with Gasteiger partial charge in [0.2, 0.25) is 0 Å². The highest BCUT2D eigenvalue weighted by Gasteiger charge is 2.15. The Morgan fingerprint density at radius 1 is 0.926 bits per heavy atom. The van der Waals surface area contributed by atoms with Crippen LogP contribution in [-0.2, 0) is 5.75 Å². The summed E-state index contributed by atoms with van der Waals surface area (Å²) in [5.74, 6) is 1.90. The molecule has 3 aromatic carbocycles. The van der Waals surface area contributed by atoms with E-state index in [-0.39, 0.29) is 5.56 Å². The summed E-state index contributed by atoms with van der Waals surface area (Å²) in [4.78, 5) is 19.2. The summed E-state index contributed by atoms with van der Waals surface area (Å²) in [6, 6.07) is 25.1. The van der Waals surface area contributed by atoms with Gasteiger partial charge in [0.05, 0.1) is 29.5 Å². The lowest BCUT2D eigenvalue weighted by Crippen LogP contribution is -2.24. The van der Waals surface area contributed by atoms with Crippen LogP contribution in [0.4, 0.5) is 0 Å². The van der Waals surface area contributed by atoms with E-state index in [1.807, 2.05) is 66.7 Å². The van der Waals surface area contributed by atoms with Gasteiger partial charge in [0.15, 0.2) is 0 Å². The molecule has 0 spiro atoms. The molecule has 0 unspecified atom stereocenters. The van der Waals surface area contributed by atoms with Crippen molar-refractivity contribution in [2.45, 2.75) is 10.6 Å². The molecule has 0 fully saturated rings. The maximum atomic E-state index is 13.3. The molecule has 0 atom stereocenters. The molecule has 0 N–H and O–H groups in total. The summed E-state index contributed by atoms with van der Waals surface area (Å²) >= 11 is 1.65. The van der Waals surface area contributed by atoms with E-state index in [9.17, 15) is 4.79 Å². The molecule has 0 amide bonds. The fourth-order valence-corrected chi connectivity index (χ4v) is 3.84. The first kappa shape index (κ1) is 17.4. The van der Waals surface area contributed by atoms with E-state index >= 15 is 0 Å². The van der Waals surface area contributed by atoms with E-state index in [2.05, 4.69) is 12.1 Å². The van der Waals surface area contributed by atoms with Crippen molar-refractivity contribution in [2.75, 3.05) is 7.11 Å². The van der Waals surface area contributed by atoms with Gasteiger partial charge in [-0.05, 0) is 36.4 Å². The maximum Gasteiger partial charge on any atom is 0.266 e. The molecule has 4 nitrogen and oxygen atoms in total. The van der Waals surface area contributed by atoms with E-state index in [0.717, 1.165) is 4.90 Å². The Bertz CT molecular complexity index is 1140. The van der Waals surface area contributed by atoms with Crippen LogP contribution in [0.15, 0.2) is 88.6 Å². The standard InChI is InChI=1S/C22H18N2O2S/c1-26-20-14-8-7-13-19(20)24-21(15-27-16-9-3-2-4-10-16)23-18-12-6-5-11-17(18)22(24)25/h2-14H,15H2,1H3. The third-order valence-corrected chi connectivity index (χ3v) is 5.29. The smallest absolute Gasteiger partial charge is 0.266 e. The number of ether oxygens (including phenoxy) is 1. The highest BCUT2D eigenvalue weighted by Crippen LogP contribution is 2.26. The molecule has 0 aliphatic rings. The van der Waals surface area contributed by atoms with Crippen molar-refractivity contribution in [2.24, 2.45) is 0 Å². The number of hydrogen-bond acceptors (Lipinski definition) is 4. The summed E-state index contributed by atoms with van der Waals surface area (Å²) < 4.78 is 7.15. The molecular weight excluding hydrogens is 356 g/mol. The van der Waals surface area contributed by atoms with Gasteiger partial charge in [-0.2, -0.15) is 0 Å². The highest BCUT2D eigenvalue weighted by atomic mass is 32.2. The van der Waals surface area contributed by atoms with Crippen molar-refractivity contribution in [3.05, 3.63) is 95.0 Å². The zero-order chi connectivity index (χ0) is 18.6. The molecule has 5 heteroatoms. The molecular formula is C22H18N2O2S. The summed E-state index contributed by atoms with van der Waals surface area (Å²) in [6.07, 6.45) is 0. The van der Waals surface area contributed by atoms with Crippen LogP contribution in [0.5, 0.6) is 5.75 Å². The molecule has 4 aromatic rings. The Balaban J connectivity index is 1.89. The molecule has 1 heterocycles. The van der Waals surface area contributed by atoms with Crippen molar-refractivity contribution in [3.63, 3.8) is 0 Å². The van der Waals surface area contributed by atoms with Gasteiger partial charge < -0.3 is 4.74 Å². The number of hydrogen-bond donors (Lipinski definition) is 0. The Labute approximate surface area is 161 Å². The molecule has 0 bridgehead atoms. The minimum absolute atomic E-state index is 0.0891. The summed E-state index contributed by atoms with van der Waals surface area (Å²) in [6.45, 7) is 0. The molecule has 27 heavy (non-hydrogen) atoms. The molecule has 0 aliphatic heterocycles. The molecule has 1 aromatic heterocycles. The molecule has 0 radical (unpaired) electrons. The van der Waals surface area contributed by atoms with E-state index in [4.69, 9.17) is 9.72 Å². The predicted octanol–water partition coefficient (Wildman–Crippen LogP) is 4.69. The zero-order valence-corrected chi connectivity index (χ0v) is 15.6. The van der Waals surface area contributed by atoms with Crippen molar-refractivity contribution in [1.29, 1.82) is 0 Å². The fourth-order valence-electron chi connectivity index (χ4n) is 3.00. The third kappa shape index (κ3) is 3.46. The summed E-state index contributed by atoms with van der Waals surface area (Å²) in [5.41, 5.74) is 1.32. The first-order valence-corrected chi connectivity index (χ1v) is 9.58. The second kappa shape index (κ2) is 7.68. The van der Waals surface area contributed by atoms with Gasteiger partial charge in [0.1, 0.15) is 11.6 Å². The second-order valence-corrected chi connectivity index (χ2v) is 7.01. The Hall–Kier alpha value is -3.05. The van der Waals surface area contributed by atoms with Gasteiger partial charge in [-0.1, -0.05) is 42.5 Å². The lowest BCUT2D eigenvalue weighted by molar-refractivity contribution is 0.412. The van der Waals surface area contributed by atoms with Crippen LogP contribution < -0.4 is 10.3 Å². The van der Waals surface area contributed by atoms with E-state index < -0.39 is 0 Å². The van der Waals surface area contributed by atoms with Gasteiger partial charge in [0, 0.05) is 4.90 Å². The van der Waals surface area contributed by atoms with E-state index in [1.165, 1.54) is 0 Å². The second-order valence-electron chi connectivity index (χ2n) is 5.96. The minimum Gasteiger partial charge on any atom is -0.495 e. The van der Waals surface area contributed by atoms with Crippen molar-refractivity contribution >= 4 is 22.7 Å². The average Bonchev–Trinajstić information content (AvgIpc) is 2.73. The third-order valence-electron chi connectivity index (χ3n) is 4.28. The summed E-state index contributed by atoms with van der Waals surface area (Å²) in [7, 11) is 1.61. The lowest BCUT2D eigenvalue weighted by atomic mass is 10.2. The zero-order valence-electron chi connectivity index (χ0n) is 14.8. The van der Waals surface area contributed by atoms with Crippen LogP contribution in [0, 0.1) is 0 Å². The predicted molar refractivity (Wildman–Crippen MR) is 110 cm³/mol. The Kier molecular flexibility index (Phi) is 4.94. The van der Waals surface area contributed by atoms with Crippen LogP contribution in [0.25, 0.3) is 16.6 Å². The van der Waals surface area contributed by atoms with Crippen LogP contribution >= 0.6 is 11.8 Å². The molecule has 0 aliphatic carbocycles. The van der Waals surface area contributed by atoms with E-state index in [1.54, 1.807) is 23.4 Å². The Morgan fingerprint density at radius 3 is 2.44 bits per heavy atom. The number of aromatic nitrogens is 2. The highest BCUT2D eigenvalue weighted by molar-refractivity contribution is 7.98. The topological polar surface area (TPSA) is 44.1 Å². The van der Waals surface area contributed by atoms with Crippen LogP contribution in [-0.4, -0.2) is 16.7 Å². The van der Waals surface area contributed by atoms with E-state index in [0.29, 0.717) is 33.9 Å². The van der Waals surface area contributed by atoms with Gasteiger partial charge in [-0.25, -0.2) is 4.98 Å². The van der Waals surface area contributed by atoms with Crippen molar-refractivity contribution in [1.82, 2.24) is 9.55 Å². The number of para-hydroxylation sites is 3. The maximum absolute atomic E-state index is 13.3. The van der Waals surface area contributed by atoms with Gasteiger partial charge in [-0.3, -0.25) is 9.36 Å². The first-order valence-electron chi connectivity index (χ1n) is 8.60. The molecule has 0 saturated carbocycles. The van der Waals surface area contributed by atoms with Gasteiger partial charge >= 0.3 is 0 Å². The van der Waals surface area contributed by atoms with Crippen molar-refractivity contribution in [3.8, 4) is 11.4 Å². The Morgan fingerprint density at radius 2 is 1.63 bits per heavy atom. The molecule has 134 valence electrons. The number of fused-ring (bicyclic) bond motifs is 1. The average molecular weight is 374 g/mol. The fraction of sp³-hybridized carbons (Fsp3) is 0.0909. The number of thioether (sulfide) groups is 1. The number of nitrogens with zero attached hydrogens (tertiary/aromatic N) is 2. The SMILES string of the molecule is COc1ccccc1-n1c(CSc2ccccc2)nc2ccccc2c1=O.